The van der Waals surface area contributed by atoms with E-state index in [9.17, 15) is 13.2 Å². The van der Waals surface area contributed by atoms with Crippen LogP contribution in [0.15, 0.2) is 41.3 Å². The fraction of sp³-hybridized carbons (Fsp3) is 0.350. The van der Waals surface area contributed by atoms with Crippen LogP contribution in [-0.4, -0.2) is 63.5 Å². The minimum atomic E-state index is -3.65. The summed E-state index contributed by atoms with van der Waals surface area (Å²) in [6, 6.07) is 9.79. The molecule has 1 N–H and O–H groups in total. The molecule has 0 aromatic heterocycles. The maximum Gasteiger partial charge on any atom is 0.255 e. The molecule has 2 aromatic rings. The van der Waals surface area contributed by atoms with Crippen molar-refractivity contribution in [2.45, 2.75) is 11.8 Å². The van der Waals surface area contributed by atoms with Gasteiger partial charge in [-0.25, -0.2) is 8.42 Å². The molecule has 0 spiro atoms. The summed E-state index contributed by atoms with van der Waals surface area (Å²) in [5.41, 5.74) is 1.56. The van der Waals surface area contributed by atoms with Gasteiger partial charge in [0.2, 0.25) is 16.8 Å². The number of nitrogens with one attached hydrogen (secondary N) is 1. The maximum atomic E-state index is 13.0. The van der Waals surface area contributed by atoms with Gasteiger partial charge in [0.05, 0.1) is 4.90 Å². The zero-order chi connectivity index (χ0) is 20.6. The Balaban J connectivity index is 1.57. The summed E-state index contributed by atoms with van der Waals surface area (Å²) in [5.74, 6) is 0.808. The number of aryl methyl sites for hydroxylation is 1. The molecular weight excluding hydrogens is 394 g/mol. The minimum Gasteiger partial charge on any atom is -0.454 e. The van der Waals surface area contributed by atoms with E-state index in [1.54, 1.807) is 37.3 Å². The molecule has 9 heteroatoms. The van der Waals surface area contributed by atoms with Crippen LogP contribution in [0.3, 0.4) is 0 Å². The maximum absolute atomic E-state index is 13.0. The topological polar surface area (TPSA) is 88.2 Å². The number of rotatable bonds is 4. The van der Waals surface area contributed by atoms with E-state index in [1.165, 1.54) is 10.4 Å². The van der Waals surface area contributed by atoms with Gasteiger partial charge in [-0.1, -0.05) is 6.07 Å². The number of anilines is 1. The Labute approximate surface area is 170 Å². The third-order valence-electron chi connectivity index (χ3n) is 5.18. The number of likely N-dealkylation sites (N-methyl/N-ethyl adjacent to an activating group) is 1. The molecule has 1 saturated heterocycles. The van der Waals surface area contributed by atoms with E-state index in [0.29, 0.717) is 54.5 Å². The number of ether oxygens (including phenoxy) is 2. The summed E-state index contributed by atoms with van der Waals surface area (Å²) < 4.78 is 38.1. The number of benzene rings is 2. The van der Waals surface area contributed by atoms with E-state index >= 15 is 0 Å². The first-order valence-corrected chi connectivity index (χ1v) is 10.8. The van der Waals surface area contributed by atoms with Gasteiger partial charge in [0.1, 0.15) is 0 Å². The van der Waals surface area contributed by atoms with Crippen LogP contribution in [0.25, 0.3) is 0 Å². The van der Waals surface area contributed by atoms with Crippen LogP contribution in [0.4, 0.5) is 5.69 Å². The Bertz CT molecular complexity index is 1050. The highest BCUT2D eigenvalue weighted by Crippen LogP contribution is 2.34. The molecule has 0 unspecified atom stereocenters. The number of carbonyl (C=O) groups excluding carboxylic acids is 1. The first-order valence-electron chi connectivity index (χ1n) is 9.35. The van der Waals surface area contributed by atoms with Gasteiger partial charge < -0.3 is 19.7 Å². The summed E-state index contributed by atoms with van der Waals surface area (Å²) in [5, 5.41) is 2.80. The quantitative estimate of drug-likeness (QED) is 0.818. The summed E-state index contributed by atoms with van der Waals surface area (Å²) in [4.78, 5) is 15.1. The molecule has 0 bridgehead atoms. The molecule has 2 aliphatic heterocycles. The Hall–Kier alpha value is -2.62. The second-order valence-electron chi connectivity index (χ2n) is 7.21. The van der Waals surface area contributed by atoms with Gasteiger partial charge in [0.15, 0.2) is 11.5 Å². The van der Waals surface area contributed by atoms with Crippen molar-refractivity contribution < 1.29 is 22.7 Å². The largest absolute Gasteiger partial charge is 0.454 e. The van der Waals surface area contributed by atoms with Crippen LogP contribution >= 0.6 is 0 Å². The Morgan fingerprint density at radius 1 is 1.00 bits per heavy atom. The van der Waals surface area contributed by atoms with Crippen molar-refractivity contribution in [2.75, 3.05) is 45.3 Å². The lowest BCUT2D eigenvalue weighted by Gasteiger charge is -2.31. The molecule has 154 valence electrons. The van der Waals surface area contributed by atoms with Gasteiger partial charge in [-0.3, -0.25) is 4.79 Å². The Morgan fingerprint density at radius 2 is 1.72 bits per heavy atom. The van der Waals surface area contributed by atoms with Crippen LogP contribution < -0.4 is 14.8 Å². The predicted octanol–water partition coefficient (Wildman–Crippen LogP) is 1.91. The Morgan fingerprint density at radius 3 is 2.48 bits per heavy atom. The summed E-state index contributed by atoms with van der Waals surface area (Å²) in [6.07, 6.45) is 0. The number of fused-ring (bicyclic) bond motifs is 1. The number of nitrogens with zero attached hydrogens (tertiary/aromatic N) is 2. The fourth-order valence-electron chi connectivity index (χ4n) is 3.36. The molecule has 0 saturated carbocycles. The predicted molar refractivity (Wildman–Crippen MR) is 108 cm³/mol. The van der Waals surface area contributed by atoms with Crippen molar-refractivity contribution in [3.63, 3.8) is 0 Å². The van der Waals surface area contributed by atoms with Crippen molar-refractivity contribution >= 4 is 21.6 Å². The van der Waals surface area contributed by atoms with Crippen molar-refractivity contribution in [3.05, 3.63) is 47.5 Å². The van der Waals surface area contributed by atoms with E-state index in [0.717, 1.165) is 0 Å². The van der Waals surface area contributed by atoms with Crippen molar-refractivity contribution in [2.24, 2.45) is 0 Å². The average molecular weight is 417 g/mol. The molecule has 1 amide bonds. The van der Waals surface area contributed by atoms with E-state index in [1.807, 2.05) is 7.05 Å². The number of carbonyl (C=O) groups is 1. The monoisotopic (exact) mass is 417 g/mol. The minimum absolute atomic E-state index is 0.128. The SMILES string of the molecule is Cc1ccc(S(=O)(=O)N2CCN(C)CC2)cc1C(=O)Nc1ccc2c(c1)OCO2. The molecule has 0 atom stereocenters. The van der Waals surface area contributed by atoms with Crippen LogP contribution in [0.5, 0.6) is 11.5 Å². The zero-order valence-corrected chi connectivity index (χ0v) is 17.2. The number of amides is 1. The van der Waals surface area contributed by atoms with Crippen molar-refractivity contribution in [1.82, 2.24) is 9.21 Å². The summed E-state index contributed by atoms with van der Waals surface area (Å²) >= 11 is 0. The van der Waals surface area contributed by atoms with Crippen molar-refractivity contribution in [1.29, 1.82) is 0 Å². The highest BCUT2D eigenvalue weighted by molar-refractivity contribution is 7.89. The van der Waals surface area contributed by atoms with Crippen LogP contribution in [0.2, 0.25) is 0 Å². The summed E-state index contributed by atoms with van der Waals surface area (Å²) in [7, 11) is -1.68. The first kappa shape index (κ1) is 19.7. The number of hydrogen-bond donors (Lipinski definition) is 1. The van der Waals surface area contributed by atoms with E-state index in [4.69, 9.17) is 9.47 Å². The van der Waals surface area contributed by atoms with Crippen LogP contribution in [0, 0.1) is 6.92 Å². The van der Waals surface area contributed by atoms with Gasteiger partial charge in [-0.2, -0.15) is 4.31 Å². The molecule has 0 aliphatic carbocycles. The molecule has 1 fully saturated rings. The van der Waals surface area contributed by atoms with Gasteiger partial charge in [-0.05, 0) is 43.8 Å². The van der Waals surface area contributed by atoms with E-state index < -0.39 is 10.0 Å². The lowest BCUT2D eigenvalue weighted by atomic mass is 10.1. The fourth-order valence-corrected chi connectivity index (χ4v) is 4.81. The molecular formula is C20H23N3O5S. The normalized spacial score (nSPS) is 17.3. The van der Waals surface area contributed by atoms with Crippen LogP contribution in [-0.2, 0) is 10.0 Å². The van der Waals surface area contributed by atoms with Gasteiger partial charge >= 0.3 is 0 Å². The third kappa shape index (κ3) is 3.93. The van der Waals surface area contributed by atoms with Crippen molar-refractivity contribution in [3.8, 4) is 11.5 Å². The van der Waals surface area contributed by atoms with Gasteiger partial charge in [0, 0.05) is 43.5 Å². The lowest BCUT2D eigenvalue weighted by molar-refractivity contribution is 0.102. The smallest absolute Gasteiger partial charge is 0.255 e. The zero-order valence-electron chi connectivity index (χ0n) is 16.3. The molecule has 2 aliphatic rings. The number of sulfonamides is 1. The van der Waals surface area contributed by atoms with E-state index in [2.05, 4.69) is 10.2 Å². The van der Waals surface area contributed by atoms with Gasteiger partial charge in [-0.15, -0.1) is 0 Å². The number of piperazine rings is 1. The van der Waals surface area contributed by atoms with Gasteiger partial charge in [0.25, 0.3) is 5.91 Å². The lowest BCUT2D eigenvalue weighted by Crippen LogP contribution is -2.47. The molecule has 2 heterocycles. The number of hydrogen-bond acceptors (Lipinski definition) is 6. The van der Waals surface area contributed by atoms with Crippen LogP contribution in [0.1, 0.15) is 15.9 Å². The molecule has 2 aromatic carbocycles. The highest BCUT2D eigenvalue weighted by Gasteiger charge is 2.28. The molecule has 29 heavy (non-hydrogen) atoms. The standard InChI is InChI=1S/C20H23N3O5S/c1-14-3-5-16(29(25,26)23-9-7-22(2)8-10-23)12-17(14)20(24)21-15-4-6-18-19(11-15)28-13-27-18/h3-6,11-12H,7-10,13H2,1-2H3,(H,21,24). The second kappa shape index (κ2) is 7.66. The highest BCUT2D eigenvalue weighted by atomic mass is 32.2. The average Bonchev–Trinajstić information content (AvgIpc) is 3.16. The second-order valence-corrected chi connectivity index (χ2v) is 9.14. The summed E-state index contributed by atoms with van der Waals surface area (Å²) in [6.45, 7) is 4.17. The third-order valence-corrected chi connectivity index (χ3v) is 7.08. The van der Waals surface area contributed by atoms with E-state index in [-0.39, 0.29) is 17.6 Å². The molecule has 8 nitrogen and oxygen atoms in total. The Kier molecular flexibility index (Phi) is 5.20. The first-order chi connectivity index (χ1) is 13.8. The molecule has 4 rings (SSSR count). The molecule has 0 radical (unpaired) electrons.